The summed E-state index contributed by atoms with van der Waals surface area (Å²) in [6.07, 6.45) is 7.24. The van der Waals surface area contributed by atoms with E-state index in [4.69, 9.17) is 0 Å². The van der Waals surface area contributed by atoms with Crippen LogP contribution in [-0.2, 0) is 12.8 Å². The van der Waals surface area contributed by atoms with Crippen LogP contribution in [-0.4, -0.2) is 32.0 Å². The minimum Gasteiger partial charge on any atom is -0.372 e. The Morgan fingerprint density at radius 3 is 3.00 bits per heavy atom. The Bertz CT molecular complexity index is 624. The van der Waals surface area contributed by atoms with Gasteiger partial charge < -0.3 is 5.32 Å². The maximum atomic E-state index is 4.68. The number of hydrogen-bond donors (Lipinski definition) is 1. The lowest BCUT2D eigenvalue weighted by molar-refractivity contribution is 0.394. The van der Waals surface area contributed by atoms with E-state index in [0.29, 0.717) is 0 Å². The van der Waals surface area contributed by atoms with Crippen LogP contribution in [0.4, 0.5) is 5.82 Å². The predicted molar refractivity (Wildman–Crippen MR) is 88.6 cm³/mol. The van der Waals surface area contributed by atoms with Gasteiger partial charge in [0, 0.05) is 19.3 Å². The van der Waals surface area contributed by atoms with E-state index in [0.717, 1.165) is 39.6 Å². The molecule has 2 aromatic rings. The summed E-state index contributed by atoms with van der Waals surface area (Å²) in [7, 11) is 3.82. The van der Waals surface area contributed by atoms with Crippen LogP contribution in [0.2, 0.25) is 0 Å². The van der Waals surface area contributed by atoms with Crippen molar-refractivity contribution in [2.45, 2.75) is 43.6 Å². The number of rotatable bonds is 4. The zero-order valence-electron chi connectivity index (χ0n) is 13.0. The fourth-order valence-corrected chi connectivity index (χ4v) is 4.36. The molecule has 2 heterocycles. The maximum absolute atomic E-state index is 4.68. The van der Waals surface area contributed by atoms with Crippen molar-refractivity contribution >= 4 is 28.6 Å². The van der Waals surface area contributed by atoms with Crippen molar-refractivity contribution in [1.29, 1.82) is 0 Å². The largest absolute Gasteiger partial charge is 0.372 e. The molecule has 21 heavy (non-hydrogen) atoms. The molecule has 2 atom stereocenters. The van der Waals surface area contributed by atoms with Gasteiger partial charge in [-0.05, 0) is 18.8 Å². The minimum absolute atomic E-state index is 0.762. The van der Waals surface area contributed by atoms with Crippen LogP contribution < -0.4 is 5.32 Å². The molecular formula is C15H23N5S. The summed E-state index contributed by atoms with van der Waals surface area (Å²) in [5, 5.41) is 9.18. The van der Waals surface area contributed by atoms with Gasteiger partial charge in [0.1, 0.15) is 11.6 Å². The predicted octanol–water partition coefficient (Wildman–Crippen LogP) is 3.22. The average Bonchev–Trinajstić information content (AvgIpc) is 2.86. The monoisotopic (exact) mass is 305 g/mol. The lowest BCUT2D eigenvalue weighted by Crippen LogP contribution is -2.15. The van der Waals surface area contributed by atoms with Gasteiger partial charge in [0.05, 0.1) is 17.3 Å². The molecule has 0 bridgehead atoms. The van der Waals surface area contributed by atoms with Gasteiger partial charge >= 0.3 is 0 Å². The quantitative estimate of drug-likeness (QED) is 0.940. The number of nitrogens with zero attached hydrogens (tertiary/aromatic N) is 4. The normalized spacial score (nSPS) is 22.6. The topological polar surface area (TPSA) is 55.6 Å². The zero-order valence-corrected chi connectivity index (χ0v) is 13.8. The van der Waals surface area contributed by atoms with E-state index in [1.165, 1.54) is 25.7 Å². The summed E-state index contributed by atoms with van der Waals surface area (Å²) >= 11 is 2.01. The molecule has 0 saturated heterocycles. The summed E-state index contributed by atoms with van der Waals surface area (Å²) in [6.45, 7) is 2.37. The van der Waals surface area contributed by atoms with E-state index in [-0.39, 0.29) is 0 Å². The van der Waals surface area contributed by atoms with Crippen molar-refractivity contribution < 1.29 is 0 Å². The highest BCUT2D eigenvalue weighted by molar-refractivity contribution is 7.99. The molecule has 1 aliphatic rings. The van der Waals surface area contributed by atoms with Gasteiger partial charge in [-0.15, -0.1) is 0 Å². The Kier molecular flexibility index (Phi) is 4.33. The number of aryl methyl sites for hydroxylation is 1. The van der Waals surface area contributed by atoms with Gasteiger partial charge in [0.2, 0.25) is 0 Å². The molecule has 1 saturated carbocycles. The third kappa shape index (κ3) is 3.15. The summed E-state index contributed by atoms with van der Waals surface area (Å²) < 4.78 is 1.81. The van der Waals surface area contributed by atoms with Crippen molar-refractivity contribution in [2.75, 3.05) is 12.4 Å². The number of hydrogen-bond acceptors (Lipinski definition) is 5. The second-order valence-electron chi connectivity index (χ2n) is 5.95. The minimum atomic E-state index is 0.762. The number of aromatic nitrogens is 4. The molecule has 5 nitrogen and oxygen atoms in total. The van der Waals surface area contributed by atoms with Gasteiger partial charge in [-0.3, -0.25) is 4.68 Å². The fourth-order valence-electron chi connectivity index (χ4n) is 3.04. The number of anilines is 1. The first-order chi connectivity index (χ1) is 10.2. The molecule has 114 valence electrons. The first-order valence-electron chi connectivity index (χ1n) is 7.65. The molecule has 0 amide bonds. The summed E-state index contributed by atoms with van der Waals surface area (Å²) in [4.78, 5) is 9.32. The second kappa shape index (κ2) is 6.22. The van der Waals surface area contributed by atoms with Gasteiger partial charge in [-0.1, -0.05) is 19.8 Å². The van der Waals surface area contributed by atoms with Gasteiger partial charge in [-0.2, -0.15) is 16.9 Å². The van der Waals surface area contributed by atoms with Crippen LogP contribution in [0.1, 0.15) is 38.4 Å². The molecule has 3 rings (SSSR count). The van der Waals surface area contributed by atoms with Crippen LogP contribution in [0.3, 0.4) is 0 Å². The smallest absolute Gasteiger partial charge is 0.163 e. The van der Waals surface area contributed by atoms with Crippen LogP contribution in [0.15, 0.2) is 6.20 Å². The fraction of sp³-hybridized carbons (Fsp3) is 0.667. The van der Waals surface area contributed by atoms with Gasteiger partial charge in [-0.25, -0.2) is 9.97 Å². The first-order valence-corrected chi connectivity index (χ1v) is 8.70. The van der Waals surface area contributed by atoms with Crippen molar-refractivity contribution in [1.82, 2.24) is 19.7 Å². The summed E-state index contributed by atoms with van der Waals surface area (Å²) in [5.41, 5.74) is 0.905. The molecule has 0 aliphatic heterocycles. The molecule has 0 aromatic carbocycles. The van der Waals surface area contributed by atoms with E-state index in [1.54, 1.807) is 0 Å². The lowest BCUT2D eigenvalue weighted by Gasteiger charge is -2.25. The molecule has 2 aromatic heterocycles. The number of fused-ring (bicyclic) bond motifs is 1. The van der Waals surface area contributed by atoms with Crippen molar-refractivity contribution in [3.05, 3.63) is 12.0 Å². The van der Waals surface area contributed by atoms with E-state index >= 15 is 0 Å². The van der Waals surface area contributed by atoms with Crippen LogP contribution >= 0.6 is 11.8 Å². The van der Waals surface area contributed by atoms with E-state index in [9.17, 15) is 0 Å². The number of nitrogens with one attached hydrogen (secondary N) is 1. The average molecular weight is 305 g/mol. The molecule has 0 radical (unpaired) electrons. The zero-order chi connectivity index (χ0) is 14.8. The molecule has 0 spiro atoms. The first kappa shape index (κ1) is 14.6. The highest BCUT2D eigenvalue weighted by atomic mass is 32.2. The standard InChI is InChI=1S/C15H23N5S/c1-10-5-4-6-11(7-10)21-9-13-18-14(16-2)12-8-17-20(3)15(12)19-13/h8,10-11H,4-7,9H2,1-3H3,(H,16,18,19). The van der Waals surface area contributed by atoms with E-state index in [2.05, 4.69) is 27.3 Å². The second-order valence-corrected chi connectivity index (χ2v) is 7.24. The lowest BCUT2D eigenvalue weighted by atomic mass is 9.91. The van der Waals surface area contributed by atoms with Crippen molar-refractivity contribution in [2.24, 2.45) is 13.0 Å². The van der Waals surface area contributed by atoms with Gasteiger partial charge in [0.15, 0.2) is 5.65 Å². The Hall–Kier alpha value is -1.30. The van der Waals surface area contributed by atoms with Crippen LogP contribution in [0.5, 0.6) is 0 Å². The molecule has 1 fully saturated rings. The Morgan fingerprint density at radius 1 is 1.38 bits per heavy atom. The van der Waals surface area contributed by atoms with Crippen molar-refractivity contribution in [3.63, 3.8) is 0 Å². The molecule has 2 unspecified atom stereocenters. The van der Waals surface area contributed by atoms with E-state index < -0.39 is 0 Å². The Morgan fingerprint density at radius 2 is 2.24 bits per heavy atom. The molecular weight excluding hydrogens is 282 g/mol. The van der Waals surface area contributed by atoms with Crippen LogP contribution in [0.25, 0.3) is 11.0 Å². The number of thioether (sulfide) groups is 1. The van der Waals surface area contributed by atoms with Gasteiger partial charge in [0.25, 0.3) is 0 Å². The van der Waals surface area contributed by atoms with Crippen LogP contribution in [0, 0.1) is 5.92 Å². The Balaban J connectivity index is 1.75. The molecule has 1 aliphatic carbocycles. The highest BCUT2D eigenvalue weighted by Crippen LogP contribution is 2.33. The summed E-state index contributed by atoms with van der Waals surface area (Å²) in [6, 6.07) is 0. The third-order valence-electron chi connectivity index (χ3n) is 4.21. The SMILES string of the molecule is CNc1nc(CSC2CCCC(C)C2)nc2c1cnn2C. The third-order valence-corrected chi connectivity index (χ3v) is 5.54. The Labute approximate surface area is 129 Å². The molecule has 6 heteroatoms. The maximum Gasteiger partial charge on any atom is 0.163 e. The summed E-state index contributed by atoms with van der Waals surface area (Å²) in [5.74, 6) is 3.52. The van der Waals surface area contributed by atoms with Crippen molar-refractivity contribution in [3.8, 4) is 0 Å². The highest BCUT2D eigenvalue weighted by Gasteiger charge is 2.20. The van der Waals surface area contributed by atoms with E-state index in [1.807, 2.05) is 36.7 Å². The molecule has 1 N–H and O–H groups in total.